The lowest BCUT2D eigenvalue weighted by Gasteiger charge is -2.35. The van der Waals surface area contributed by atoms with E-state index < -0.39 is 11.7 Å². The molecule has 1 saturated heterocycles. The molecule has 0 saturated carbocycles. The summed E-state index contributed by atoms with van der Waals surface area (Å²) < 4.78 is 16.4. The van der Waals surface area contributed by atoms with Gasteiger partial charge in [0.05, 0.1) is 32.1 Å². The number of nitrogens with one attached hydrogen (secondary N) is 1. The highest BCUT2D eigenvalue weighted by Crippen LogP contribution is 2.27. The van der Waals surface area contributed by atoms with E-state index in [1.807, 2.05) is 13.8 Å². The normalized spacial score (nSPS) is 18.6. The maximum absolute atomic E-state index is 11.2. The first-order valence-electron chi connectivity index (χ1n) is 6.43. The topological polar surface area (TPSA) is 82.8 Å². The van der Waals surface area contributed by atoms with Gasteiger partial charge in [0, 0.05) is 5.56 Å². The highest BCUT2D eigenvalue weighted by Gasteiger charge is 2.28. The summed E-state index contributed by atoms with van der Waals surface area (Å²) >= 11 is 0. The minimum absolute atomic E-state index is 0.0138. The summed E-state index contributed by atoms with van der Waals surface area (Å²) in [4.78, 5) is 11.2. The van der Waals surface area contributed by atoms with Crippen LogP contribution in [0.2, 0.25) is 0 Å². The largest absolute Gasteiger partial charge is 0.495 e. The van der Waals surface area contributed by atoms with E-state index in [-0.39, 0.29) is 6.04 Å². The smallest absolute Gasteiger partial charge is 0.248 e. The zero-order valence-corrected chi connectivity index (χ0v) is 11.9. The summed E-state index contributed by atoms with van der Waals surface area (Å²) in [5, 5.41) is 3.25. The molecule has 0 radical (unpaired) electrons. The van der Waals surface area contributed by atoms with Crippen LogP contribution in [0.4, 0.5) is 5.69 Å². The zero-order valence-electron chi connectivity index (χ0n) is 11.9. The first kappa shape index (κ1) is 14.6. The van der Waals surface area contributed by atoms with Crippen LogP contribution in [-0.4, -0.2) is 38.1 Å². The Morgan fingerprint density at radius 3 is 2.60 bits per heavy atom. The number of benzene rings is 1. The third-order valence-corrected chi connectivity index (χ3v) is 3.11. The van der Waals surface area contributed by atoms with Gasteiger partial charge in [-0.25, -0.2) is 0 Å². The lowest BCUT2D eigenvalue weighted by Crippen LogP contribution is -2.45. The lowest BCUT2D eigenvalue weighted by atomic mass is 10.1. The van der Waals surface area contributed by atoms with Crippen LogP contribution >= 0.6 is 0 Å². The SMILES string of the molecule is COc1ccc(C(N)=O)cc1NC1COC(C)(C)OC1. The molecule has 0 aliphatic carbocycles. The molecule has 20 heavy (non-hydrogen) atoms. The van der Waals surface area contributed by atoms with E-state index in [0.717, 1.165) is 0 Å². The highest BCUT2D eigenvalue weighted by molar-refractivity contribution is 5.94. The summed E-state index contributed by atoms with van der Waals surface area (Å²) in [6, 6.07) is 4.99. The van der Waals surface area contributed by atoms with Crippen LogP contribution in [0, 0.1) is 0 Å². The van der Waals surface area contributed by atoms with Crippen LogP contribution in [0.1, 0.15) is 24.2 Å². The number of carbonyl (C=O) groups is 1. The van der Waals surface area contributed by atoms with Gasteiger partial charge in [0.15, 0.2) is 5.79 Å². The summed E-state index contributed by atoms with van der Waals surface area (Å²) in [7, 11) is 1.57. The summed E-state index contributed by atoms with van der Waals surface area (Å²) in [5.74, 6) is -0.398. The number of primary amides is 1. The number of methoxy groups -OCH3 is 1. The Morgan fingerprint density at radius 1 is 1.40 bits per heavy atom. The van der Waals surface area contributed by atoms with Gasteiger partial charge in [-0.05, 0) is 32.0 Å². The van der Waals surface area contributed by atoms with E-state index in [1.54, 1.807) is 25.3 Å². The Morgan fingerprint density at radius 2 is 2.05 bits per heavy atom. The van der Waals surface area contributed by atoms with Crippen molar-refractivity contribution in [1.29, 1.82) is 0 Å². The van der Waals surface area contributed by atoms with E-state index in [9.17, 15) is 4.79 Å². The maximum Gasteiger partial charge on any atom is 0.248 e. The first-order valence-corrected chi connectivity index (χ1v) is 6.43. The van der Waals surface area contributed by atoms with Gasteiger partial charge in [-0.2, -0.15) is 0 Å². The number of ether oxygens (including phenoxy) is 3. The minimum atomic E-state index is -0.558. The number of hydrogen-bond donors (Lipinski definition) is 2. The van der Waals surface area contributed by atoms with Crippen LogP contribution in [0.3, 0.4) is 0 Å². The molecule has 6 nitrogen and oxygen atoms in total. The molecular formula is C14H20N2O4. The number of hydrogen-bond acceptors (Lipinski definition) is 5. The minimum Gasteiger partial charge on any atom is -0.495 e. The van der Waals surface area contributed by atoms with Crippen molar-refractivity contribution in [2.24, 2.45) is 5.73 Å². The van der Waals surface area contributed by atoms with Crippen LogP contribution in [-0.2, 0) is 9.47 Å². The molecule has 6 heteroatoms. The highest BCUT2D eigenvalue weighted by atomic mass is 16.7. The molecule has 0 aromatic heterocycles. The van der Waals surface area contributed by atoms with E-state index >= 15 is 0 Å². The van der Waals surface area contributed by atoms with Crippen molar-refractivity contribution in [2.45, 2.75) is 25.7 Å². The van der Waals surface area contributed by atoms with Crippen molar-refractivity contribution < 1.29 is 19.0 Å². The molecular weight excluding hydrogens is 260 g/mol. The Balaban J connectivity index is 2.12. The van der Waals surface area contributed by atoms with Gasteiger partial charge in [0.25, 0.3) is 0 Å². The fraction of sp³-hybridized carbons (Fsp3) is 0.500. The predicted molar refractivity (Wildman–Crippen MR) is 74.9 cm³/mol. The maximum atomic E-state index is 11.2. The molecule has 1 aromatic carbocycles. The molecule has 0 spiro atoms. The standard InChI is InChI=1S/C14H20N2O4/c1-14(2)19-7-10(8-20-14)16-11-6-9(13(15)17)4-5-12(11)18-3/h4-6,10,16H,7-8H2,1-3H3,(H2,15,17). The van der Waals surface area contributed by atoms with E-state index in [1.165, 1.54) is 0 Å². The van der Waals surface area contributed by atoms with E-state index in [4.69, 9.17) is 19.9 Å². The fourth-order valence-corrected chi connectivity index (χ4v) is 1.97. The Labute approximate surface area is 118 Å². The Kier molecular flexibility index (Phi) is 4.15. The van der Waals surface area contributed by atoms with Gasteiger partial charge in [-0.3, -0.25) is 4.79 Å². The molecule has 1 aliphatic rings. The number of amides is 1. The van der Waals surface area contributed by atoms with Crippen LogP contribution in [0.25, 0.3) is 0 Å². The van der Waals surface area contributed by atoms with Crippen LogP contribution in [0.15, 0.2) is 18.2 Å². The van der Waals surface area contributed by atoms with Gasteiger partial charge in [0.1, 0.15) is 5.75 Å². The molecule has 1 fully saturated rings. The molecule has 1 heterocycles. The van der Waals surface area contributed by atoms with Gasteiger partial charge >= 0.3 is 0 Å². The number of carbonyl (C=O) groups excluding carboxylic acids is 1. The molecule has 0 atom stereocenters. The summed E-state index contributed by atoms with van der Waals surface area (Å²) in [6.45, 7) is 4.77. The quantitative estimate of drug-likeness (QED) is 0.870. The molecule has 1 amide bonds. The predicted octanol–water partition coefficient (Wildman–Crippen LogP) is 1.36. The third kappa shape index (κ3) is 3.40. The van der Waals surface area contributed by atoms with Crippen molar-refractivity contribution in [2.75, 3.05) is 25.6 Å². The summed E-state index contributed by atoms with van der Waals surface area (Å²) in [6.07, 6.45) is 0. The van der Waals surface area contributed by atoms with Crippen LogP contribution in [0.5, 0.6) is 5.75 Å². The zero-order chi connectivity index (χ0) is 14.8. The summed E-state index contributed by atoms with van der Waals surface area (Å²) in [5.41, 5.74) is 6.40. The van der Waals surface area contributed by atoms with Crippen LogP contribution < -0.4 is 15.8 Å². The monoisotopic (exact) mass is 280 g/mol. The molecule has 110 valence electrons. The fourth-order valence-electron chi connectivity index (χ4n) is 1.97. The van der Waals surface area contributed by atoms with Crippen molar-refractivity contribution in [3.8, 4) is 5.75 Å². The lowest BCUT2D eigenvalue weighted by molar-refractivity contribution is -0.247. The van der Waals surface area contributed by atoms with Gasteiger partial charge in [0.2, 0.25) is 5.91 Å². The number of anilines is 1. The molecule has 1 aromatic rings. The molecule has 2 rings (SSSR count). The van der Waals surface area contributed by atoms with Gasteiger partial charge in [-0.1, -0.05) is 0 Å². The van der Waals surface area contributed by atoms with Gasteiger partial charge < -0.3 is 25.3 Å². The average molecular weight is 280 g/mol. The average Bonchev–Trinajstić information content (AvgIpc) is 2.41. The second kappa shape index (κ2) is 5.68. The molecule has 3 N–H and O–H groups in total. The first-order chi connectivity index (χ1) is 9.41. The van der Waals surface area contributed by atoms with Crippen molar-refractivity contribution in [3.63, 3.8) is 0 Å². The molecule has 1 aliphatic heterocycles. The van der Waals surface area contributed by atoms with Crippen molar-refractivity contribution in [1.82, 2.24) is 0 Å². The third-order valence-electron chi connectivity index (χ3n) is 3.11. The van der Waals surface area contributed by atoms with E-state index in [2.05, 4.69) is 5.32 Å². The number of nitrogens with two attached hydrogens (primary N) is 1. The molecule has 0 bridgehead atoms. The van der Waals surface area contributed by atoms with Crippen molar-refractivity contribution in [3.05, 3.63) is 23.8 Å². The Hall–Kier alpha value is -1.79. The second-order valence-corrected chi connectivity index (χ2v) is 5.14. The van der Waals surface area contributed by atoms with Crippen molar-refractivity contribution >= 4 is 11.6 Å². The molecule has 0 unspecified atom stereocenters. The number of rotatable bonds is 4. The Bertz CT molecular complexity index is 492. The van der Waals surface area contributed by atoms with E-state index in [0.29, 0.717) is 30.2 Å². The van der Waals surface area contributed by atoms with Gasteiger partial charge in [-0.15, -0.1) is 0 Å². The second-order valence-electron chi connectivity index (χ2n) is 5.14.